The number of benzene rings is 1. The van der Waals surface area contributed by atoms with E-state index in [9.17, 15) is 4.79 Å². The summed E-state index contributed by atoms with van der Waals surface area (Å²) in [6.45, 7) is 1.12. The van der Waals surface area contributed by atoms with Gasteiger partial charge in [-0.25, -0.2) is 4.79 Å². The lowest BCUT2D eigenvalue weighted by molar-refractivity contribution is 0.00349. The lowest BCUT2D eigenvalue weighted by atomic mass is 10.2. The van der Waals surface area contributed by atoms with Crippen molar-refractivity contribution in [2.45, 2.75) is 6.04 Å². The van der Waals surface area contributed by atoms with Gasteiger partial charge in [0.05, 0.1) is 29.7 Å². The van der Waals surface area contributed by atoms with Gasteiger partial charge in [-0.1, -0.05) is 11.2 Å². The molecule has 1 aromatic carbocycles. The van der Waals surface area contributed by atoms with Crippen LogP contribution in [-0.4, -0.2) is 40.8 Å². The van der Waals surface area contributed by atoms with Crippen LogP contribution < -0.4 is 5.32 Å². The second-order valence-corrected chi connectivity index (χ2v) is 6.78. The number of rotatable bonds is 3. The van der Waals surface area contributed by atoms with Gasteiger partial charge in [0.1, 0.15) is 6.04 Å². The number of nitriles is 1. The number of ether oxygens (including phenoxy) is 1. The number of nitrogens with zero attached hydrogens (tertiary/aromatic N) is 4. The maximum atomic E-state index is 12.7. The van der Waals surface area contributed by atoms with Crippen LogP contribution in [0.1, 0.15) is 17.5 Å². The molecule has 0 bridgehead atoms. The van der Waals surface area contributed by atoms with Gasteiger partial charge in [0.25, 0.3) is 5.89 Å². The molecule has 3 heterocycles. The van der Waals surface area contributed by atoms with E-state index in [0.717, 1.165) is 4.88 Å². The first-order valence-corrected chi connectivity index (χ1v) is 9.15. The molecule has 3 aromatic rings. The highest BCUT2D eigenvalue weighted by atomic mass is 32.1. The highest BCUT2D eigenvalue weighted by Crippen LogP contribution is 2.27. The lowest BCUT2D eigenvalue weighted by Gasteiger charge is -2.33. The predicted octanol–water partition coefficient (Wildman–Crippen LogP) is 3.28. The fraction of sp³-hybridized carbons (Fsp3) is 0.222. The summed E-state index contributed by atoms with van der Waals surface area (Å²) in [6, 6.07) is 11.8. The third kappa shape index (κ3) is 3.67. The first kappa shape index (κ1) is 17.2. The number of carbonyl (C=O) groups is 1. The van der Waals surface area contributed by atoms with Crippen LogP contribution in [-0.2, 0) is 4.74 Å². The molecule has 0 spiro atoms. The third-order valence-corrected chi connectivity index (χ3v) is 4.99. The largest absolute Gasteiger partial charge is 0.377 e. The van der Waals surface area contributed by atoms with Gasteiger partial charge in [-0.15, -0.1) is 11.3 Å². The molecule has 0 saturated carbocycles. The first-order valence-electron chi connectivity index (χ1n) is 8.27. The van der Waals surface area contributed by atoms with Crippen LogP contribution >= 0.6 is 11.3 Å². The van der Waals surface area contributed by atoms with Crippen LogP contribution in [0.2, 0.25) is 0 Å². The number of amides is 2. The summed E-state index contributed by atoms with van der Waals surface area (Å²) in [5.74, 6) is 0.839. The molecule has 0 aliphatic carbocycles. The van der Waals surface area contributed by atoms with E-state index in [4.69, 9.17) is 14.5 Å². The molecule has 0 radical (unpaired) electrons. The van der Waals surface area contributed by atoms with Gasteiger partial charge in [-0.05, 0) is 35.7 Å². The van der Waals surface area contributed by atoms with Crippen LogP contribution in [0.5, 0.6) is 0 Å². The Morgan fingerprint density at radius 1 is 1.33 bits per heavy atom. The zero-order chi connectivity index (χ0) is 18.6. The molecule has 1 saturated heterocycles. The van der Waals surface area contributed by atoms with Gasteiger partial charge < -0.3 is 19.5 Å². The molecule has 1 aliphatic rings. The molecular formula is C18H15N5O3S. The summed E-state index contributed by atoms with van der Waals surface area (Å²) in [5.41, 5.74) is 1.14. The number of nitrogens with one attached hydrogen (secondary N) is 1. The summed E-state index contributed by atoms with van der Waals surface area (Å²) >= 11 is 1.52. The Balaban J connectivity index is 1.51. The van der Waals surface area contributed by atoms with Crippen molar-refractivity contribution < 1.29 is 14.1 Å². The number of hydrogen-bond donors (Lipinski definition) is 1. The van der Waals surface area contributed by atoms with Crippen LogP contribution in [0.15, 0.2) is 46.3 Å². The molecule has 0 unspecified atom stereocenters. The summed E-state index contributed by atoms with van der Waals surface area (Å²) in [6.07, 6.45) is 0. The van der Waals surface area contributed by atoms with Crippen molar-refractivity contribution in [3.8, 4) is 16.8 Å². The average molecular weight is 381 g/mol. The van der Waals surface area contributed by atoms with Crippen molar-refractivity contribution in [2.75, 3.05) is 25.1 Å². The second kappa shape index (κ2) is 7.57. The normalized spacial score (nSPS) is 16.7. The van der Waals surface area contributed by atoms with Crippen molar-refractivity contribution in [1.29, 1.82) is 5.26 Å². The third-order valence-electron chi connectivity index (χ3n) is 4.12. The summed E-state index contributed by atoms with van der Waals surface area (Å²) in [5, 5.41) is 17.6. The highest BCUT2D eigenvalue weighted by molar-refractivity contribution is 7.13. The zero-order valence-corrected chi connectivity index (χ0v) is 15.0. The van der Waals surface area contributed by atoms with E-state index in [2.05, 4.69) is 15.5 Å². The van der Waals surface area contributed by atoms with Gasteiger partial charge in [0, 0.05) is 12.2 Å². The molecule has 2 amide bonds. The highest BCUT2D eigenvalue weighted by Gasteiger charge is 2.33. The van der Waals surface area contributed by atoms with E-state index < -0.39 is 6.04 Å². The van der Waals surface area contributed by atoms with E-state index in [1.54, 1.807) is 29.2 Å². The van der Waals surface area contributed by atoms with Gasteiger partial charge in [0.2, 0.25) is 5.82 Å². The van der Waals surface area contributed by atoms with E-state index in [-0.39, 0.29) is 12.6 Å². The lowest BCUT2D eigenvalue weighted by Crippen LogP contribution is -2.45. The number of urea groups is 1. The van der Waals surface area contributed by atoms with E-state index in [1.165, 1.54) is 11.3 Å². The molecule has 4 rings (SSSR count). The quantitative estimate of drug-likeness (QED) is 0.747. The van der Waals surface area contributed by atoms with Gasteiger partial charge in [-0.3, -0.25) is 0 Å². The van der Waals surface area contributed by atoms with Crippen molar-refractivity contribution >= 4 is 23.1 Å². The minimum absolute atomic E-state index is 0.285. The van der Waals surface area contributed by atoms with Crippen molar-refractivity contribution in [2.24, 2.45) is 0 Å². The Morgan fingerprint density at radius 2 is 2.19 bits per heavy atom. The molecule has 1 aliphatic heterocycles. The molecular weight excluding hydrogens is 366 g/mol. The molecule has 27 heavy (non-hydrogen) atoms. The SMILES string of the molecule is N#Cc1ccc(NC(=O)N2CCOC[C@@H]2c2nc(-c3cccs3)no2)cc1. The summed E-state index contributed by atoms with van der Waals surface area (Å²) in [7, 11) is 0. The van der Waals surface area contributed by atoms with Crippen molar-refractivity contribution in [3.05, 3.63) is 53.2 Å². The summed E-state index contributed by atoms with van der Waals surface area (Å²) in [4.78, 5) is 19.7. The molecule has 9 heteroatoms. The number of anilines is 1. The second-order valence-electron chi connectivity index (χ2n) is 5.84. The van der Waals surface area contributed by atoms with E-state index >= 15 is 0 Å². The maximum Gasteiger partial charge on any atom is 0.322 e. The number of aromatic nitrogens is 2. The van der Waals surface area contributed by atoms with Crippen LogP contribution in [0.25, 0.3) is 10.7 Å². The van der Waals surface area contributed by atoms with Gasteiger partial charge >= 0.3 is 6.03 Å². The smallest absolute Gasteiger partial charge is 0.322 e. The van der Waals surface area contributed by atoms with E-state index in [1.807, 2.05) is 23.6 Å². The standard InChI is InChI=1S/C18H15N5O3S/c19-10-12-3-5-13(6-4-12)20-18(24)23-7-8-25-11-14(23)17-21-16(22-26-17)15-2-1-9-27-15/h1-6,9,14H,7-8,11H2,(H,20,24)/t14-/m1/s1. The Hall–Kier alpha value is -3.22. The summed E-state index contributed by atoms with van der Waals surface area (Å²) < 4.78 is 10.9. The minimum atomic E-state index is -0.460. The molecule has 8 nitrogen and oxygen atoms in total. The number of hydrogen-bond acceptors (Lipinski definition) is 7. The fourth-order valence-corrected chi connectivity index (χ4v) is 3.40. The fourth-order valence-electron chi connectivity index (χ4n) is 2.75. The van der Waals surface area contributed by atoms with Crippen molar-refractivity contribution in [3.63, 3.8) is 0 Å². The Labute approximate surface area is 159 Å². The van der Waals surface area contributed by atoms with E-state index in [0.29, 0.717) is 36.1 Å². The number of morpholine rings is 1. The monoisotopic (exact) mass is 381 g/mol. The Morgan fingerprint density at radius 3 is 2.93 bits per heavy atom. The number of thiophene rings is 1. The van der Waals surface area contributed by atoms with Crippen LogP contribution in [0, 0.1) is 11.3 Å². The first-order chi connectivity index (χ1) is 13.2. The molecule has 136 valence electrons. The molecule has 2 aromatic heterocycles. The Kier molecular flexibility index (Phi) is 4.82. The van der Waals surface area contributed by atoms with Crippen molar-refractivity contribution in [1.82, 2.24) is 15.0 Å². The zero-order valence-electron chi connectivity index (χ0n) is 14.2. The van der Waals surface area contributed by atoms with Gasteiger partial charge in [-0.2, -0.15) is 10.2 Å². The van der Waals surface area contributed by atoms with Crippen LogP contribution in [0.3, 0.4) is 0 Å². The minimum Gasteiger partial charge on any atom is -0.377 e. The average Bonchev–Trinajstić information content (AvgIpc) is 3.40. The Bertz CT molecular complexity index is 962. The predicted molar refractivity (Wildman–Crippen MR) is 98.1 cm³/mol. The molecule has 1 N–H and O–H groups in total. The molecule has 1 fully saturated rings. The molecule has 1 atom stereocenters. The number of carbonyl (C=O) groups excluding carboxylic acids is 1. The van der Waals surface area contributed by atoms with Crippen LogP contribution in [0.4, 0.5) is 10.5 Å². The maximum absolute atomic E-state index is 12.7. The topological polar surface area (TPSA) is 104 Å². The van der Waals surface area contributed by atoms with Gasteiger partial charge in [0.15, 0.2) is 0 Å².